The molecule has 0 unspecified atom stereocenters. The summed E-state index contributed by atoms with van der Waals surface area (Å²) in [7, 11) is 0. The lowest BCUT2D eigenvalue weighted by molar-refractivity contribution is 0.487. The summed E-state index contributed by atoms with van der Waals surface area (Å²) in [6.07, 6.45) is 0. The molecule has 0 saturated heterocycles. The smallest absolute Gasteiger partial charge is 0.138 e. The number of fused-ring (bicyclic) bond motifs is 1. The standard InChI is InChI=1S/C17H13BrN2O/c18-12-8-9-16(14(10-12)17(19)20)21-15-7-3-5-11-4-1-2-6-13(11)15/h1-10H,(H3,19,20). The molecule has 3 nitrogen and oxygen atoms in total. The van der Waals surface area contributed by atoms with E-state index in [2.05, 4.69) is 15.9 Å². The van der Waals surface area contributed by atoms with E-state index >= 15 is 0 Å². The molecule has 0 saturated carbocycles. The van der Waals surface area contributed by atoms with Gasteiger partial charge in [-0.25, -0.2) is 0 Å². The maximum Gasteiger partial charge on any atom is 0.138 e. The maximum atomic E-state index is 7.68. The molecule has 3 aromatic rings. The first-order valence-corrected chi connectivity index (χ1v) is 7.24. The predicted octanol–water partition coefficient (Wildman–Crippen LogP) is 4.68. The normalized spacial score (nSPS) is 10.5. The summed E-state index contributed by atoms with van der Waals surface area (Å²) in [6, 6.07) is 19.4. The van der Waals surface area contributed by atoms with Crippen LogP contribution in [-0.4, -0.2) is 5.84 Å². The first kappa shape index (κ1) is 13.6. The molecule has 4 heteroatoms. The van der Waals surface area contributed by atoms with Gasteiger partial charge in [0.25, 0.3) is 0 Å². The maximum absolute atomic E-state index is 7.68. The summed E-state index contributed by atoms with van der Waals surface area (Å²) < 4.78 is 6.86. The van der Waals surface area contributed by atoms with Crippen LogP contribution in [0.4, 0.5) is 0 Å². The Labute approximate surface area is 131 Å². The number of nitrogens with one attached hydrogen (secondary N) is 1. The van der Waals surface area contributed by atoms with Crippen LogP contribution in [0.2, 0.25) is 0 Å². The minimum absolute atomic E-state index is 0.0217. The molecule has 0 spiro atoms. The molecule has 0 aromatic heterocycles. The highest BCUT2D eigenvalue weighted by atomic mass is 79.9. The second-order valence-electron chi connectivity index (χ2n) is 4.63. The molecule has 104 valence electrons. The van der Waals surface area contributed by atoms with Crippen molar-refractivity contribution < 1.29 is 4.74 Å². The average Bonchev–Trinajstić information content (AvgIpc) is 2.49. The Bertz CT molecular complexity index is 825. The summed E-state index contributed by atoms with van der Waals surface area (Å²) in [5, 5.41) is 9.81. The number of ether oxygens (including phenoxy) is 1. The number of amidine groups is 1. The topological polar surface area (TPSA) is 59.1 Å². The summed E-state index contributed by atoms with van der Waals surface area (Å²) in [4.78, 5) is 0. The monoisotopic (exact) mass is 340 g/mol. The second-order valence-corrected chi connectivity index (χ2v) is 5.55. The Hall–Kier alpha value is -2.33. The van der Waals surface area contributed by atoms with Crippen LogP contribution in [-0.2, 0) is 0 Å². The number of benzene rings is 3. The van der Waals surface area contributed by atoms with Crippen molar-refractivity contribution in [2.45, 2.75) is 0 Å². The van der Waals surface area contributed by atoms with Crippen LogP contribution in [0, 0.1) is 5.41 Å². The van der Waals surface area contributed by atoms with Crippen LogP contribution >= 0.6 is 15.9 Å². The van der Waals surface area contributed by atoms with Crippen molar-refractivity contribution in [3.63, 3.8) is 0 Å². The molecule has 0 bridgehead atoms. The first-order chi connectivity index (χ1) is 10.1. The predicted molar refractivity (Wildman–Crippen MR) is 89.2 cm³/mol. The van der Waals surface area contributed by atoms with Gasteiger partial charge in [0.05, 0.1) is 5.56 Å². The first-order valence-electron chi connectivity index (χ1n) is 6.45. The summed E-state index contributed by atoms with van der Waals surface area (Å²) in [5.41, 5.74) is 6.20. The van der Waals surface area contributed by atoms with E-state index < -0.39 is 0 Å². The van der Waals surface area contributed by atoms with Crippen LogP contribution in [0.3, 0.4) is 0 Å². The third-order valence-corrected chi connectivity index (χ3v) is 3.69. The quantitative estimate of drug-likeness (QED) is 0.537. The van der Waals surface area contributed by atoms with Crippen molar-refractivity contribution in [2.75, 3.05) is 0 Å². The van der Waals surface area contributed by atoms with Crippen molar-refractivity contribution in [3.05, 3.63) is 70.7 Å². The molecule has 3 rings (SSSR count). The van der Waals surface area contributed by atoms with E-state index in [0.717, 1.165) is 21.0 Å². The molecule has 3 N–H and O–H groups in total. The zero-order chi connectivity index (χ0) is 14.8. The van der Waals surface area contributed by atoms with Gasteiger partial charge < -0.3 is 10.5 Å². The number of hydrogen-bond acceptors (Lipinski definition) is 2. The van der Waals surface area contributed by atoms with Gasteiger partial charge in [-0.2, -0.15) is 0 Å². The molecule has 0 fully saturated rings. The summed E-state index contributed by atoms with van der Waals surface area (Å²) >= 11 is 3.38. The third-order valence-electron chi connectivity index (χ3n) is 3.20. The second kappa shape index (κ2) is 5.58. The van der Waals surface area contributed by atoms with E-state index in [4.69, 9.17) is 15.9 Å². The fraction of sp³-hybridized carbons (Fsp3) is 0. The van der Waals surface area contributed by atoms with Crippen LogP contribution < -0.4 is 10.5 Å². The molecular weight excluding hydrogens is 328 g/mol. The molecule has 0 aliphatic carbocycles. The highest BCUT2D eigenvalue weighted by molar-refractivity contribution is 9.10. The lowest BCUT2D eigenvalue weighted by atomic mass is 10.1. The molecule has 0 amide bonds. The highest BCUT2D eigenvalue weighted by Gasteiger charge is 2.10. The fourth-order valence-electron chi connectivity index (χ4n) is 2.20. The van der Waals surface area contributed by atoms with Gasteiger partial charge in [-0.3, -0.25) is 5.41 Å². The van der Waals surface area contributed by atoms with Crippen LogP contribution in [0.5, 0.6) is 11.5 Å². The fourth-order valence-corrected chi connectivity index (χ4v) is 2.57. The number of nitrogen functional groups attached to an aromatic ring is 1. The van der Waals surface area contributed by atoms with E-state index in [9.17, 15) is 0 Å². The van der Waals surface area contributed by atoms with E-state index in [1.807, 2.05) is 54.6 Å². The number of halogens is 1. The van der Waals surface area contributed by atoms with Crippen molar-refractivity contribution in [3.8, 4) is 11.5 Å². The van der Waals surface area contributed by atoms with Gasteiger partial charge in [0.15, 0.2) is 0 Å². The zero-order valence-electron chi connectivity index (χ0n) is 11.1. The van der Waals surface area contributed by atoms with E-state index in [0.29, 0.717) is 11.3 Å². The molecule has 3 aromatic carbocycles. The SMILES string of the molecule is N=C(N)c1cc(Br)ccc1Oc1cccc2ccccc12. The van der Waals surface area contributed by atoms with E-state index in [1.165, 1.54) is 0 Å². The van der Waals surface area contributed by atoms with Crippen molar-refractivity contribution >= 4 is 32.5 Å². The van der Waals surface area contributed by atoms with Crippen molar-refractivity contribution in [1.82, 2.24) is 0 Å². The largest absolute Gasteiger partial charge is 0.456 e. The van der Waals surface area contributed by atoms with E-state index in [1.54, 1.807) is 6.07 Å². The Kier molecular flexibility index (Phi) is 3.62. The van der Waals surface area contributed by atoms with Gasteiger partial charge in [0.1, 0.15) is 17.3 Å². The summed E-state index contributed by atoms with van der Waals surface area (Å²) in [5.74, 6) is 1.30. The van der Waals surface area contributed by atoms with Crippen LogP contribution in [0.1, 0.15) is 5.56 Å². The van der Waals surface area contributed by atoms with Gasteiger partial charge in [0.2, 0.25) is 0 Å². The third kappa shape index (κ3) is 2.76. The molecule has 0 atom stereocenters. The van der Waals surface area contributed by atoms with E-state index in [-0.39, 0.29) is 5.84 Å². The Morgan fingerprint density at radius 2 is 1.71 bits per heavy atom. The molecular formula is C17H13BrN2O. The van der Waals surface area contributed by atoms with Gasteiger partial charge >= 0.3 is 0 Å². The van der Waals surface area contributed by atoms with Gasteiger partial charge in [0, 0.05) is 9.86 Å². The average molecular weight is 341 g/mol. The lowest BCUT2D eigenvalue weighted by Gasteiger charge is -2.12. The number of rotatable bonds is 3. The molecule has 0 aliphatic heterocycles. The number of nitrogens with two attached hydrogens (primary N) is 1. The Morgan fingerprint density at radius 1 is 0.952 bits per heavy atom. The minimum atomic E-state index is -0.0217. The van der Waals surface area contributed by atoms with Crippen molar-refractivity contribution in [2.24, 2.45) is 5.73 Å². The summed E-state index contributed by atoms with van der Waals surface area (Å²) in [6.45, 7) is 0. The molecule has 21 heavy (non-hydrogen) atoms. The van der Waals surface area contributed by atoms with Crippen LogP contribution in [0.15, 0.2) is 65.1 Å². The number of hydrogen-bond donors (Lipinski definition) is 2. The van der Waals surface area contributed by atoms with Gasteiger partial charge in [-0.1, -0.05) is 52.3 Å². The highest BCUT2D eigenvalue weighted by Crippen LogP contribution is 2.32. The van der Waals surface area contributed by atoms with Gasteiger partial charge in [-0.15, -0.1) is 0 Å². The van der Waals surface area contributed by atoms with Gasteiger partial charge in [-0.05, 0) is 29.7 Å². The Morgan fingerprint density at radius 3 is 2.52 bits per heavy atom. The molecule has 0 aliphatic rings. The Balaban J connectivity index is 2.09. The minimum Gasteiger partial charge on any atom is -0.456 e. The molecule has 0 heterocycles. The zero-order valence-corrected chi connectivity index (χ0v) is 12.7. The van der Waals surface area contributed by atoms with Crippen molar-refractivity contribution in [1.29, 1.82) is 5.41 Å². The molecule has 0 radical (unpaired) electrons. The lowest BCUT2D eigenvalue weighted by Crippen LogP contribution is -2.12. The van der Waals surface area contributed by atoms with Crippen LogP contribution in [0.25, 0.3) is 10.8 Å².